The summed E-state index contributed by atoms with van der Waals surface area (Å²) >= 11 is 5.98. The van der Waals surface area contributed by atoms with Crippen LogP contribution in [0.2, 0.25) is 5.02 Å². The van der Waals surface area contributed by atoms with E-state index in [1.807, 2.05) is 28.9 Å². The lowest BCUT2D eigenvalue weighted by molar-refractivity contribution is -0.00112. The fourth-order valence-corrected chi connectivity index (χ4v) is 3.59. The molecule has 0 radical (unpaired) electrons. The van der Waals surface area contributed by atoms with Crippen LogP contribution < -0.4 is 9.47 Å². The minimum atomic E-state index is -0.135. The van der Waals surface area contributed by atoms with E-state index in [9.17, 15) is 0 Å². The first-order valence-corrected chi connectivity index (χ1v) is 9.90. The van der Waals surface area contributed by atoms with E-state index in [1.54, 1.807) is 32.4 Å². The summed E-state index contributed by atoms with van der Waals surface area (Å²) in [5, 5.41) is 13.3. The number of benzene rings is 2. The minimum absolute atomic E-state index is 0.135. The Morgan fingerprint density at radius 3 is 2.71 bits per heavy atom. The first kappa shape index (κ1) is 19.5. The number of halogens is 1. The van der Waals surface area contributed by atoms with Crippen LogP contribution in [-0.2, 0) is 17.9 Å². The van der Waals surface area contributed by atoms with Gasteiger partial charge in [-0.2, -0.15) is 4.98 Å². The van der Waals surface area contributed by atoms with Gasteiger partial charge in [-0.1, -0.05) is 34.1 Å². The van der Waals surface area contributed by atoms with Gasteiger partial charge < -0.3 is 18.7 Å². The first-order chi connectivity index (χ1) is 15.2. The van der Waals surface area contributed by atoms with Crippen molar-refractivity contribution in [3.8, 4) is 34.5 Å². The Labute approximate surface area is 182 Å². The number of fused-ring (bicyclic) bond motifs is 1. The summed E-state index contributed by atoms with van der Waals surface area (Å²) in [5.74, 6) is 1.88. The van der Waals surface area contributed by atoms with Crippen molar-refractivity contribution >= 4 is 11.6 Å². The van der Waals surface area contributed by atoms with Gasteiger partial charge in [0.2, 0.25) is 5.82 Å². The summed E-state index contributed by atoms with van der Waals surface area (Å²) in [4.78, 5) is 4.50. The van der Waals surface area contributed by atoms with Gasteiger partial charge in [-0.05, 0) is 29.8 Å². The van der Waals surface area contributed by atoms with Gasteiger partial charge in [-0.25, -0.2) is 4.68 Å². The average Bonchev–Trinajstić information content (AvgIpc) is 3.45. The highest BCUT2D eigenvalue weighted by atomic mass is 35.5. The molecule has 0 bridgehead atoms. The molecule has 31 heavy (non-hydrogen) atoms. The van der Waals surface area contributed by atoms with Crippen molar-refractivity contribution < 1.29 is 18.7 Å². The van der Waals surface area contributed by atoms with Crippen molar-refractivity contribution in [3.05, 3.63) is 58.7 Å². The molecule has 1 aliphatic rings. The third-order valence-corrected chi connectivity index (χ3v) is 5.37. The molecule has 0 amide bonds. The second-order valence-electron chi connectivity index (χ2n) is 6.91. The minimum Gasteiger partial charge on any atom is -0.497 e. The molecule has 0 saturated carbocycles. The van der Waals surface area contributed by atoms with E-state index >= 15 is 0 Å². The number of hydrogen-bond acceptors (Lipinski definition) is 8. The summed E-state index contributed by atoms with van der Waals surface area (Å²) in [7, 11) is 3.16. The normalized spacial score (nSPS) is 15.5. The monoisotopic (exact) mass is 439 g/mol. The van der Waals surface area contributed by atoms with Crippen LogP contribution in [0.1, 0.15) is 17.4 Å². The number of ether oxygens (including phenoxy) is 3. The van der Waals surface area contributed by atoms with Gasteiger partial charge >= 0.3 is 0 Å². The quantitative estimate of drug-likeness (QED) is 0.461. The van der Waals surface area contributed by atoms with Gasteiger partial charge in [0.15, 0.2) is 5.69 Å². The Morgan fingerprint density at radius 1 is 1.10 bits per heavy atom. The molecule has 0 fully saturated rings. The van der Waals surface area contributed by atoms with Crippen molar-refractivity contribution in [3.63, 3.8) is 0 Å². The standard InChI is InChI=1S/C21H18ClN5O4/c1-28-14-7-8-15(17(9-14)29-2)21-23-20(25-31-21)19-16-11-30-18(10-27(16)26-24-19)12-3-5-13(22)6-4-12/h3-9,18H,10-11H2,1-2H3/t18-/m1/s1. The molecule has 9 nitrogen and oxygen atoms in total. The Hall–Kier alpha value is -3.43. The van der Waals surface area contributed by atoms with Gasteiger partial charge in [0.05, 0.1) is 38.6 Å². The molecule has 1 aliphatic heterocycles. The summed E-state index contributed by atoms with van der Waals surface area (Å²) in [6.07, 6.45) is -0.135. The average molecular weight is 440 g/mol. The SMILES string of the molecule is COc1ccc(-c2nc(-c3nnn4c3CO[C@@H](c3ccc(Cl)cc3)C4)no2)c(OC)c1. The van der Waals surface area contributed by atoms with Gasteiger partial charge in [0, 0.05) is 11.1 Å². The van der Waals surface area contributed by atoms with Gasteiger partial charge in [-0.3, -0.25) is 0 Å². The van der Waals surface area contributed by atoms with Gasteiger partial charge in [0.1, 0.15) is 17.6 Å². The Balaban J connectivity index is 1.42. The molecule has 2 aromatic carbocycles. The number of nitrogens with zero attached hydrogens (tertiary/aromatic N) is 5. The van der Waals surface area contributed by atoms with Crippen LogP contribution in [0.3, 0.4) is 0 Å². The number of aromatic nitrogens is 5. The van der Waals surface area contributed by atoms with Gasteiger partial charge in [0.25, 0.3) is 5.89 Å². The van der Waals surface area contributed by atoms with Crippen molar-refractivity contribution in [1.29, 1.82) is 0 Å². The van der Waals surface area contributed by atoms with Crippen molar-refractivity contribution in [2.24, 2.45) is 0 Å². The summed E-state index contributed by atoms with van der Waals surface area (Å²) in [6, 6.07) is 12.9. The zero-order valence-electron chi connectivity index (χ0n) is 16.8. The van der Waals surface area contributed by atoms with E-state index in [0.717, 1.165) is 11.3 Å². The lowest BCUT2D eigenvalue weighted by atomic mass is 10.1. The molecule has 0 N–H and O–H groups in total. The maximum absolute atomic E-state index is 6.04. The predicted octanol–water partition coefficient (Wildman–Crippen LogP) is 3.94. The lowest BCUT2D eigenvalue weighted by Gasteiger charge is -2.24. The molecule has 1 atom stereocenters. The topological polar surface area (TPSA) is 97.3 Å². The number of hydrogen-bond donors (Lipinski definition) is 0. The molecular weight excluding hydrogens is 422 g/mol. The highest BCUT2D eigenvalue weighted by Gasteiger charge is 2.28. The molecule has 0 saturated heterocycles. The van der Waals surface area contributed by atoms with Gasteiger partial charge in [-0.15, -0.1) is 5.10 Å². The van der Waals surface area contributed by atoms with Crippen LogP contribution in [0.25, 0.3) is 23.0 Å². The largest absolute Gasteiger partial charge is 0.497 e. The van der Waals surface area contributed by atoms with E-state index < -0.39 is 0 Å². The van der Waals surface area contributed by atoms with Crippen molar-refractivity contribution in [1.82, 2.24) is 25.1 Å². The molecule has 2 aromatic heterocycles. The lowest BCUT2D eigenvalue weighted by Crippen LogP contribution is -2.22. The molecule has 0 aliphatic carbocycles. The summed E-state index contributed by atoms with van der Waals surface area (Å²) in [6.45, 7) is 0.854. The fraction of sp³-hybridized carbons (Fsp3) is 0.238. The molecule has 10 heteroatoms. The molecule has 3 heterocycles. The van der Waals surface area contributed by atoms with Crippen molar-refractivity contribution in [2.75, 3.05) is 14.2 Å². The van der Waals surface area contributed by atoms with Crippen LogP contribution in [0.4, 0.5) is 0 Å². The predicted molar refractivity (Wildman–Crippen MR) is 111 cm³/mol. The molecule has 4 aromatic rings. The molecule has 0 unspecified atom stereocenters. The molecule has 0 spiro atoms. The van der Waals surface area contributed by atoms with E-state index in [2.05, 4.69) is 20.5 Å². The maximum atomic E-state index is 6.04. The van der Waals surface area contributed by atoms with E-state index in [1.165, 1.54) is 0 Å². The third kappa shape index (κ3) is 3.62. The van der Waals surface area contributed by atoms with Crippen LogP contribution >= 0.6 is 11.6 Å². The van der Waals surface area contributed by atoms with E-state index in [-0.39, 0.29) is 6.10 Å². The number of rotatable bonds is 5. The second kappa shape index (κ2) is 8.01. The summed E-state index contributed by atoms with van der Waals surface area (Å²) in [5.41, 5.74) is 3.00. The van der Waals surface area contributed by atoms with E-state index in [0.29, 0.717) is 52.6 Å². The van der Waals surface area contributed by atoms with Crippen molar-refractivity contribution in [2.45, 2.75) is 19.3 Å². The first-order valence-electron chi connectivity index (χ1n) is 9.52. The second-order valence-corrected chi connectivity index (χ2v) is 7.34. The van der Waals surface area contributed by atoms with Crippen LogP contribution in [-0.4, -0.2) is 39.4 Å². The zero-order valence-corrected chi connectivity index (χ0v) is 17.5. The zero-order chi connectivity index (χ0) is 21.4. The highest BCUT2D eigenvalue weighted by Crippen LogP contribution is 2.34. The fourth-order valence-electron chi connectivity index (χ4n) is 3.47. The Morgan fingerprint density at radius 2 is 1.94 bits per heavy atom. The third-order valence-electron chi connectivity index (χ3n) is 5.12. The smallest absolute Gasteiger partial charge is 0.262 e. The Kier molecular flexibility index (Phi) is 5.05. The number of methoxy groups -OCH3 is 2. The van der Waals surface area contributed by atoms with Crippen LogP contribution in [0.5, 0.6) is 11.5 Å². The van der Waals surface area contributed by atoms with Crippen LogP contribution in [0.15, 0.2) is 47.0 Å². The van der Waals surface area contributed by atoms with E-state index in [4.69, 9.17) is 30.3 Å². The van der Waals surface area contributed by atoms with Crippen LogP contribution in [0, 0.1) is 0 Å². The Bertz CT molecular complexity index is 1220. The molecule has 5 rings (SSSR count). The summed E-state index contributed by atoms with van der Waals surface area (Å²) < 4.78 is 24.0. The molecular formula is C21H18ClN5O4. The molecule has 158 valence electrons. The highest BCUT2D eigenvalue weighted by molar-refractivity contribution is 6.30. The maximum Gasteiger partial charge on any atom is 0.262 e.